The number of aryl methyl sites for hydroxylation is 1. The van der Waals surface area contributed by atoms with E-state index in [1.165, 1.54) is 16.4 Å². The Balaban J connectivity index is 1.38. The van der Waals surface area contributed by atoms with E-state index >= 15 is 0 Å². The van der Waals surface area contributed by atoms with Crippen molar-refractivity contribution in [3.05, 3.63) is 76.4 Å². The van der Waals surface area contributed by atoms with Crippen LogP contribution in [0.1, 0.15) is 21.0 Å². The van der Waals surface area contributed by atoms with Crippen LogP contribution in [0.5, 0.6) is 0 Å². The van der Waals surface area contributed by atoms with Crippen molar-refractivity contribution in [3.63, 3.8) is 0 Å². The standard InChI is InChI=1S/C21H20N6O3S2/c1-26-21(23-24-25-26)32-14-19(28)22-16-8-6-15(7-9-16)20(29)27(12-17-4-2-10-30-17)13-18-5-3-11-31-18/h2-11H,12-14H2,1H3,(H,22,28). The lowest BCUT2D eigenvalue weighted by Gasteiger charge is -2.21. The average Bonchev–Trinajstić information content (AvgIpc) is 3.56. The van der Waals surface area contributed by atoms with E-state index in [9.17, 15) is 9.59 Å². The fourth-order valence-electron chi connectivity index (χ4n) is 2.93. The van der Waals surface area contributed by atoms with Crippen LogP contribution in [0.2, 0.25) is 0 Å². The monoisotopic (exact) mass is 468 g/mol. The number of thiophene rings is 1. The minimum atomic E-state index is -0.186. The van der Waals surface area contributed by atoms with Crippen molar-refractivity contribution in [1.82, 2.24) is 25.1 Å². The Labute approximate surface area is 192 Å². The van der Waals surface area contributed by atoms with E-state index in [4.69, 9.17) is 4.42 Å². The first kappa shape index (κ1) is 21.8. The Kier molecular flexibility index (Phi) is 6.97. The lowest BCUT2D eigenvalue weighted by molar-refractivity contribution is -0.113. The second-order valence-corrected chi connectivity index (χ2v) is 8.79. The van der Waals surface area contributed by atoms with Gasteiger partial charge in [0.15, 0.2) is 0 Å². The maximum atomic E-state index is 13.2. The number of aromatic nitrogens is 4. The summed E-state index contributed by atoms with van der Waals surface area (Å²) in [7, 11) is 1.71. The van der Waals surface area contributed by atoms with Gasteiger partial charge in [0.25, 0.3) is 5.91 Å². The van der Waals surface area contributed by atoms with E-state index in [0.717, 1.165) is 10.6 Å². The molecule has 11 heteroatoms. The summed E-state index contributed by atoms with van der Waals surface area (Å²) in [5.74, 6) is 0.591. The predicted octanol–water partition coefficient (Wildman–Crippen LogP) is 3.44. The molecule has 0 saturated heterocycles. The number of furan rings is 1. The maximum Gasteiger partial charge on any atom is 0.254 e. The Bertz CT molecular complexity index is 1120. The van der Waals surface area contributed by atoms with Crippen molar-refractivity contribution in [3.8, 4) is 0 Å². The molecule has 4 rings (SSSR count). The molecule has 4 aromatic rings. The number of hydrogen-bond acceptors (Lipinski definition) is 8. The lowest BCUT2D eigenvalue weighted by atomic mass is 10.1. The largest absolute Gasteiger partial charge is 0.467 e. The van der Waals surface area contributed by atoms with E-state index in [1.807, 2.05) is 23.6 Å². The van der Waals surface area contributed by atoms with Gasteiger partial charge in [-0.25, -0.2) is 4.68 Å². The number of thioether (sulfide) groups is 1. The molecular weight excluding hydrogens is 448 g/mol. The fourth-order valence-corrected chi connectivity index (χ4v) is 4.30. The number of hydrogen-bond donors (Lipinski definition) is 1. The number of carbonyl (C=O) groups excluding carboxylic acids is 2. The molecule has 1 aromatic carbocycles. The molecule has 0 aliphatic heterocycles. The Morgan fingerprint density at radius 1 is 1.16 bits per heavy atom. The molecule has 1 N–H and O–H groups in total. The normalized spacial score (nSPS) is 10.8. The molecule has 0 radical (unpaired) electrons. The minimum absolute atomic E-state index is 0.113. The number of nitrogens with one attached hydrogen (secondary N) is 1. The van der Waals surface area contributed by atoms with Crippen molar-refractivity contribution < 1.29 is 14.0 Å². The first-order valence-electron chi connectivity index (χ1n) is 9.67. The molecule has 2 amide bonds. The van der Waals surface area contributed by atoms with Gasteiger partial charge >= 0.3 is 0 Å². The number of amides is 2. The van der Waals surface area contributed by atoms with Crippen LogP contribution in [0.3, 0.4) is 0 Å². The molecule has 0 fully saturated rings. The third-order valence-corrected chi connectivity index (χ3v) is 6.34. The van der Waals surface area contributed by atoms with Crippen LogP contribution in [0.15, 0.2) is 69.7 Å². The number of nitrogens with zero attached hydrogens (tertiary/aromatic N) is 5. The summed E-state index contributed by atoms with van der Waals surface area (Å²) < 4.78 is 6.94. The lowest BCUT2D eigenvalue weighted by Crippen LogP contribution is -2.29. The van der Waals surface area contributed by atoms with Gasteiger partial charge < -0.3 is 14.6 Å². The van der Waals surface area contributed by atoms with Crippen LogP contribution < -0.4 is 5.32 Å². The number of anilines is 1. The van der Waals surface area contributed by atoms with Gasteiger partial charge in [0, 0.05) is 23.2 Å². The Morgan fingerprint density at radius 3 is 2.66 bits per heavy atom. The van der Waals surface area contributed by atoms with Crippen LogP contribution in [0, 0.1) is 0 Å². The SMILES string of the molecule is Cn1nnnc1SCC(=O)Nc1ccc(C(=O)N(Cc2ccco2)Cc2cccs2)cc1. The smallest absolute Gasteiger partial charge is 0.254 e. The topological polar surface area (TPSA) is 106 Å². The first-order chi connectivity index (χ1) is 15.6. The molecule has 0 saturated carbocycles. The summed E-state index contributed by atoms with van der Waals surface area (Å²) in [5.41, 5.74) is 1.14. The molecule has 0 bridgehead atoms. The third kappa shape index (κ3) is 5.62. The van der Waals surface area contributed by atoms with E-state index < -0.39 is 0 Å². The Morgan fingerprint density at radius 2 is 2.00 bits per heavy atom. The van der Waals surface area contributed by atoms with Crippen LogP contribution in [0.25, 0.3) is 0 Å². The molecule has 9 nitrogen and oxygen atoms in total. The molecule has 32 heavy (non-hydrogen) atoms. The van der Waals surface area contributed by atoms with Gasteiger partial charge in [-0.05, 0) is 58.3 Å². The van der Waals surface area contributed by atoms with Crippen LogP contribution in [-0.2, 0) is 24.9 Å². The Hall–Kier alpha value is -3.44. The minimum Gasteiger partial charge on any atom is -0.467 e. The molecule has 3 heterocycles. The third-order valence-electron chi connectivity index (χ3n) is 4.47. The second kappa shape index (κ2) is 10.2. The highest BCUT2D eigenvalue weighted by Crippen LogP contribution is 2.19. The zero-order valence-electron chi connectivity index (χ0n) is 17.2. The van der Waals surface area contributed by atoms with Crippen LogP contribution in [0.4, 0.5) is 5.69 Å². The van der Waals surface area contributed by atoms with E-state index in [1.54, 1.807) is 59.9 Å². The molecule has 164 valence electrons. The van der Waals surface area contributed by atoms with E-state index in [0.29, 0.717) is 29.5 Å². The van der Waals surface area contributed by atoms with Gasteiger partial charge in [-0.1, -0.05) is 17.8 Å². The van der Waals surface area contributed by atoms with Gasteiger partial charge in [-0.15, -0.1) is 16.4 Å². The summed E-state index contributed by atoms with van der Waals surface area (Å²) in [5, 5.41) is 16.5. The van der Waals surface area contributed by atoms with Crippen molar-refractivity contribution >= 4 is 40.6 Å². The van der Waals surface area contributed by atoms with Crippen molar-refractivity contribution in [1.29, 1.82) is 0 Å². The van der Waals surface area contributed by atoms with E-state index in [-0.39, 0.29) is 17.6 Å². The fraction of sp³-hybridized carbons (Fsp3) is 0.190. The zero-order chi connectivity index (χ0) is 22.3. The summed E-state index contributed by atoms with van der Waals surface area (Å²) in [6, 6.07) is 14.5. The molecule has 0 atom stereocenters. The number of benzene rings is 1. The highest BCUT2D eigenvalue weighted by Gasteiger charge is 2.18. The highest BCUT2D eigenvalue weighted by molar-refractivity contribution is 7.99. The van der Waals surface area contributed by atoms with Gasteiger partial charge in [0.2, 0.25) is 11.1 Å². The summed E-state index contributed by atoms with van der Waals surface area (Å²) >= 11 is 2.84. The number of tetrazole rings is 1. The van der Waals surface area contributed by atoms with Gasteiger partial charge in [-0.3, -0.25) is 9.59 Å². The van der Waals surface area contributed by atoms with Gasteiger partial charge in [0.05, 0.1) is 25.1 Å². The van der Waals surface area contributed by atoms with Crippen LogP contribution in [-0.4, -0.2) is 42.7 Å². The number of carbonyl (C=O) groups is 2. The van der Waals surface area contributed by atoms with Crippen LogP contribution >= 0.6 is 23.1 Å². The first-order valence-corrected chi connectivity index (χ1v) is 11.5. The summed E-state index contributed by atoms with van der Waals surface area (Å²) in [4.78, 5) is 28.2. The summed E-state index contributed by atoms with van der Waals surface area (Å²) in [6.07, 6.45) is 1.60. The van der Waals surface area contributed by atoms with E-state index in [2.05, 4.69) is 20.8 Å². The second-order valence-electron chi connectivity index (χ2n) is 6.82. The predicted molar refractivity (Wildman–Crippen MR) is 121 cm³/mol. The molecular formula is C21H20N6O3S2. The maximum absolute atomic E-state index is 13.2. The molecule has 0 spiro atoms. The molecule has 0 aliphatic carbocycles. The van der Waals surface area contributed by atoms with Crippen molar-refractivity contribution in [2.45, 2.75) is 18.2 Å². The van der Waals surface area contributed by atoms with Gasteiger partial charge in [-0.2, -0.15) is 0 Å². The van der Waals surface area contributed by atoms with Crippen molar-refractivity contribution in [2.75, 3.05) is 11.1 Å². The molecule has 0 unspecified atom stereocenters. The van der Waals surface area contributed by atoms with Gasteiger partial charge in [0.1, 0.15) is 5.76 Å². The molecule has 0 aliphatic rings. The zero-order valence-corrected chi connectivity index (χ0v) is 18.8. The number of rotatable bonds is 9. The average molecular weight is 469 g/mol. The van der Waals surface area contributed by atoms with Crippen molar-refractivity contribution in [2.24, 2.45) is 7.05 Å². The quantitative estimate of drug-likeness (QED) is 0.375. The summed E-state index contributed by atoms with van der Waals surface area (Å²) in [6.45, 7) is 0.861. The highest BCUT2D eigenvalue weighted by atomic mass is 32.2. The molecule has 3 aromatic heterocycles.